The molecule has 0 aliphatic heterocycles. The van der Waals surface area contributed by atoms with Crippen LogP contribution in [0.1, 0.15) is 27.7 Å². The molecule has 0 fully saturated rings. The second-order valence-electron chi connectivity index (χ2n) is 2.72. The zero-order chi connectivity index (χ0) is 9.72. The van der Waals surface area contributed by atoms with Crippen LogP contribution in [0.3, 0.4) is 0 Å². The standard InChI is InChI=1S/C9H17O2S/c1-5-12(6-2)9(7(3)10)8(4)11/h9H,5-6H2,1-4H3/q+1. The molecule has 0 aromatic heterocycles. The molecule has 0 spiro atoms. The highest BCUT2D eigenvalue weighted by molar-refractivity contribution is 7.98. The fourth-order valence-corrected chi connectivity index (χ4v) is 3.31. The predicted octanol–water partition coefficient (Wildman–Crippen LogP) is 1.19. The molecule has 0 aromatic rings. The lowest BCUT2D eigenvalue weighted by Crippen LogP contribution is -2.37. The molecule has 3 heteroatoms. The van der Waals surface area contributed by atoms with Crippen LogP contribution in [-0.2, 0) is 20.5 Å². The fourth-order valence-electron chi connectivity index (χ4n) is 1.29. The van der Waals surface area contributed by atoms with Crippen molar-refractivity contribution >= 4 is 22.5 Å². The van der Waals surface area contributed by atoms with E-state index < -0.39 is 0 Å². The van der Waals surface area contributed by atoms with Crippen LogP contribution in [0.25, 0.3) is 0 Å². The molecule has 0 unspecified atom stereocenters. The third-order valence-corrected chi connectivity index (χ3v) is 4.63. The summed E-state index contributed by atoms with van der Waals surface area (Å²) in [5.74, 6) is 1.91. The molecule has 0 aliphatic rings. The predicted molar refractivity (Wildman–Crippen MR) is 53.6 cm³/mol. The summed E-state index contributed by atoms with van der Waals surface area (Å²) in [6, 6.07) is 0. The van der Waals surface area contributed by atoms with Crippen LogP contribution in [0.2, 0.25) is 0 Å². The number of hydrogen-bond donors (Lipinski definition) is 0. The normalized spacial score (nSPS) is 10.8. The van der Waals surface area contributed by atoms with Gasteiger partial charge >= 0.3 is 0 Å². The average Bonchev–Trinajstić information content (AvgIpc) is 1.98. The molecule has 0 radical (unpaired) electrons. The van der Waals surface area contributed by atoms with Gasteiger partial charge in [-0.25, -0.2) is 0 Å². The molecule has 0 saturated carbocycles. The minimum Gasteiger partial charge on any atom is -0.294 e. The highest BCUT2D eigenvalue weighted by Gasteiger charge is 2.35. The van der Waals surface area contributed by atoms with Crippen LogP contribution in [0, 0.1) is 0 Å². The first kappa shape index (κ1) is 11.7. The highest BCUT2D eigenvalue weighted by atomic mass is 32.2. The smallest absolute Gasteiger partial charge is 0.232 e. The Kier molecular flexibility index (Phi) is 5.22. The topological polar surface area (TPSA) is 34.1 Å². The monoisotopic (exact) mass is 189 g/mol. The molecule has 0 amide bonds. The second kappa shape index (κ2) is 5.36. The summed E-state index contributed by atoms with van der Waals surface area (Å²) in [4.78, 5) is 22.3. The van der Waals surface area contributed by atoms with E-state index in [2.05, 4.69) is 0 Å². The maximum absolute atomic E-state index is 11.1. The summed E-state index contributed by atoms with van der Waals surface area (Å²) < 4.78 is 0. The van der Waals surface area contributed by atoms with Gasteiger partial charge in [-0.15, -0.1) is 0 Å². The van der Waals surface area contributed by atoms with Gasteiger partial charge in [-0.3, -0.25) is 9.59 Å². The van der Waals surface area contributed by atoms with E-state index in [0.717, 1.165) is 11.5 Å². The van der Waals surface area contributed by atoms with E-state index in [1.54, 1.807) is 0 Å². The molecule has 0 rings (SSSR count). The van der Waals surface area contributed by atoms with Crippen molar-refractivity contribution in [3.8, 4) is 0 Å². The zero-order valence-electron chi connectivity index (χ0n) is 8.22. The number of Topliss-reactive ketones (excluding diaryl/α,β-unsaturated/α-hetero) is 2. The first-order valence-corrected chi connectivity index (χ1v) is 5.84. The summed E-state index contributed by atoms with van der Waals surface area (Å²) in [7, 11) is -0.0355. The maximum atomic E-state index is 11.1. The third kappa shape index (κ3) is 2.97. The summed E-state index contributed by atoms with van der Waals surface area (Å²) in [6.45, 7) is 7.09. The van der Waals surface area contributed by atoms with Crippen molar-refractivity contribution in [2.45, 2.75) is 32.9 Å². The van der Waals surface area contributed by atoms with Crippen LogP contribution in [-0.4, -0.2) is 28.3 Å². The molecule has 0 bridgehead atoms. The summed E-state index contributed by atoms with van der Waals surface area (Å²) >= 11 is 0. The van der Waals surface area contributed by atoms with Gasteiger partial charge in [-0.05, 0) is 13.8 Å². The Hall–Kier alpha value is -0.310. The van der Waals surface area contributed by atoms with Gasteiger partial charge in [0.05, 0.1) is 0 Å². The molecule has 0 aliphatic carbocycles. The van der Waals surface area contributed by atoms with E-state index in [0.29, 0.717) is 0 Å². The first-order valence-electron chi connectivity index (χ1n) is 4.21. The molecule has 0 saturated heterocycles. The van der Waals surface area contributed by atoms with E-state index >= 15 is 0 Å². The third-order valence-electron chi connectivity index (χ3n) is 1.81. The summed E-state index contributed by atoms with van der Waals surface area (Å²) in [6.07, 6.45) is 0. The lowest BCUT2D eigenvalue weighted by atomic mass is 10.2. The van der Waals surface area contributed by atoms with Crippen LogP contribution in [0.5, 0.6) is 0 Å². The Morgan fingerprint density at radius 2 is 1.42 bits per heavy atom. The highest BCUT2D eigenvalue weighted by Crippen LogP contribution is 2.09. The maximum Gasteiger partial charge on any atom is 0.232 e. The number of hydrogen-bond acceptors (Lipinski definition) is 2. The molecule has 0 atom stereocenters. The minimum atomic E-state index is -0.333. The van der Waals surface area contributed by atoms with Crippen molar-refractivity contribution in [3.05, 3.63) is 0 Å². The van der Waals surface area contributed by atoms with Gasteiger partial charge in [0.1, 0.15) is 11.5 Å². The number of ketones is 2. The molecule has 2 nitrogen and oxygen atoms in total. The Morgan fingerprint density at radius 1 is 1.08 bits per heavy atom. The molecular weight excluding hydrogens is 172 g/mol. The van der Waals surface area contributed by atoms with Crippen molar-refractivity contribution < 1.29 is 9.59 Å². The summed E-state index contributed by atoms with van der Waals surface area (Å²) in [5, 5.41) is -0.333. The number of rotatable bonds is 5. The van der Waals surface area contributed by atoms with E-state index in [1.807, 2.05) is 13.8 Å². The Labute approximate surface area is 77.1 Å². The lowest BCUT2D eigenvalue weighted by molar-refractivity contribution is -0.123. The molecule has 70 valence electrons. The number of carbonyl (C=O) groups excluding carboxylic acids is 2. The van der Waals surface area contributed by atoms with Gasteiger partial charge in [-0.1, -0.05) is 0 Å². The van der Waals surface area contributed by atoms with Crippen molar-refractivity contribution in [1.82, 2.24) is 0 Å². The van der Waals surface area contributed by atoms with Gasteiger partial charge in [-0.2, -0.15) is 0 Å². The number of carbonyl (C=O) groups is 2. The van der Waals surface area contributed by atoms with Crippen LogP contribution < -0.4 is 0 Å². The zero-order valence-corrected chi connectivity index (χ0v) is 9.03. The molecular formula is C9H17O2S+. The van der Waals surface area contributed by atoms with Gasteiger partial charge in [0.25, 0.3) is 0 Å². The van der Waals surface area contributed by atoms with Gasteiger partial charge in [0, 0.05) is 24.7 Å². The molecule has 12 heavy (non-hydrogen) atoms. The first-order chi connectivity index (χ1) is 5.54. The molecule has 0 heterocycles. The van der Waals surface area contributed by atoms with Crippen LogP contribution >= 0.6 is 0 Å². The Morgan fingerprint density at radius 3 is 1.50 bits per heavy atom. The van der Waals surface area contributed by atoms with Gasteiger partial charge < -0.3 is 0 Å². The second-order valence-corrected chi connectivity index (χ2v) is 5.42. The van der Waals surface area contributed by atoms with Crippen molar-refractivity contribution in [3.63, 3.8) is 0 Å². The van der Waals surface area contributed by atoms with Crippen molar-refractivity contribution in [2.75, 3.05) is 11.5 Å². The fraction of sp³-hybridized carbons (Fsp3) is 0.778. The molecule has 0 aromatic carbocycles. The van der Waals surface area contributed by atoms with E-state index in [-0.39, 0.29) is 27.7 Å². The van der Waals surface area contributed by atoms with Gasteiger partial charge in [0.15, 0.2) is 11.6 Å². The lowest BCUT2D eigenvalue weighted by Gasteiger charge is -2.11. The van der Waals surface area contributed by atoms with Crippen LogP contribution in [0.4, 0.5) is 0 Å². The van der Waals surface area contributed by atoms with E-state index in [4.69, 9.17) is 0 Å². The van der Waals surface area contributed by atoms with Crippen molar-refractivity contribution in [2.24, 2.45) is 0 Å². The average molecular weight is 189 g/mol. The van der Waals surface area contributed by atoms with Crippen molar-refractivity contribution in [1.29, 1.82) is 0 Å². The Balaban J connectivity index is 4.47. The van der Waals surface area contributed by atoms with Crippen LogP contribution in [0.15, 0.2) is 0 Å². The largest absolute Gasteiger partial charge is 0.294 e. The Bertz CT molecular complexity index is 159. The molecule has 0 N–H and O–H groups in total. The SMILES string of the molecule is CC[S+](CC)C(C(C)=O)C(C)=O. The van der Waals surface area contributed by atoms with Gasteiger partial charge in [0.2, 0.25) is 5.25 Å². The summed E-state index contributed by atoms with van der Waals surface area (Å²) in [5.41, 5.74) is 0. The quantitative estimate of drug-likeness (QED) is 0.481. The van der Waals surface area contributed by atoms with E-state index in [9.17, 15) is 9.59 Å². The van der Waals surface area contributed by atoms with E-state index in [1.165, 1.54) is 13.8 Å². The minimum absolute atomic E-state index is 0.0227.